The second kappa shape index (κ2) is 6.59. The average Bonchev–Trinajstić information content (AvgIpc) is 2.61. The van der Waals surface area contributed by atoms with Crippen LogP contribution in [0.3, 0.4) is 0 Å². The van der Waals surface area contributed by atoms with Crippen molar-refractivity contribution in [2.45, 2.75) is 32.6 Å². The van der Waals surface area contributed by atoms with Gasteiger partial charge in [-0.05, 0) is 34.5 Å². The fraction of sp³-hybridized carbons (Fsp3) is 0.533. The summed E-state index contributed by atoms with van der Waals surface area (Å²) in [5.74, 6) is 1.63. The molecule has 0 amide bonds. The highest BCUT2D eigenvalue weighted by Gasteiger charge is 2.26. The van der Waals surface area contributed by atoms with Gasteiger partial charge in [0.15, 0.2) is 17.3 Å². The molecule has 1 aliphatic rings. The highest BCUT2D eigenvalue weighted by Crippen LogP contribution is 2.43. The summed E-state index contributed by atoms with van der Waals surface area (Å²) >= 11 is 3.49. The maximum Gasteiger partial charge on any atom is 0.165 e. The third-order valence-electron chi connectivity index (χ3n) is 3.25. The van der Waals surface area contributed by atoms with Crippen molar-refractivity contribution in [3.8, 4) is 11.5 Å². The second-order valence-electron chi connectivity index (χ2n) is 5.14. The fourth-order valence-electron chi connectivity index (χ4n) is 2.39. The molecule has 0 atom stereocenters. The lowest BCUT2D eigenvalue weighted by Gasteiger charge is -2.20. The monoisotopic (exact) mass is 341 g/mol. The zero-order valence-electron chi connectivity index (χ0n) is 11.9. The summed E-state index contributed by atoms with van der Waals surface area (Å²) in [5.41, 5.74) is 7.10. The normalized spacial score (nSPS) is 14.2. The van der Waals surface area contributed by atoms with Crippen LogP contribution in [0.4, 0.5) is 0 Å². The van der Waals surface area contributed by atoms with Crippen molar-refractivity contribution in [3.63, 3.8) is 0 Å². The van der Waals surface area contributed by atoms with Gasteiger partial charge < -0.3 is 15.2 Å². The first-order chi connectivity index (χ1) is 9.56. The van der Waals surface area contributed by atoms with Crippen molar-refractivity contribution in [1.82, 2.24) is 0 Å². The number of benzene rings is 1. The summed E-state index contributed by atoms with van der Waals surface area (Å²) in [6.07, 6.45) is 1.17. The molecule has 1 aromatic carbocycles. The van der Waals surface area contributed by atoms with E-state index < -0.39 is 0 Å². The van der Waals surface area contributed by atoms with Crippen molar-refractivity contribution >= 4 is 21.7 Å². The van der Waals surface area contributed by atoms with Crippen LogP contribution in [0.25, 0.3) is 0 Å². The van der Waals surface area contributed by atoms with Gasteiger partial charge in [-0.15, -0.1) is 0 Å². The van der Waals surface area contributed by atoms with Crippen LogP contribution in [0.5, 0.6) is 11.5 Å². The summed E-state index contributed by atoms with van der Waals surface area (Å²) in [5, 5.41) is 0. The number of hydrogen-bond donors (Lipinski definition) is 1. The van der Waals surface area contributed by atoms with E-state index in [9.17, 15) is 4.79 Å². The van der Waals surface area contributed by atoms with Crippen molar-refractivity contribution in [1.29, 1.82) is 0 Å². The van der Waals surface area contributed by atoms with Gasteiger partial charge in [-0.1, -0.05) is 13.8 Å². The number of carbonyl (C=O) groups excluding carboxylic acids is 1. The Balaban J connectivity index is 2.61. The molecule has 0 fully saturated rings. The van der Waals surface area contributed by atoms with Crippen LogP contribution in [0.1, 0.15) is 48.5 Å². The maximum atomic E-state index is 12.4. The van der Waals surface area contributed by atoms with Gasteiger partial charge >= 0.3 is 0 Å². The van der Waals surface area contributed by atoms with Gasteiger partial charge in [-0.2, -0.15) is 0 Å². The zero-order chi connectivity index (χ0) is 14.7. The number of Topliss-reactive ketones (excluding diaryl/α,β-unsaturated/α-hetero) is 1. The predicted octanol–water partition coefficient (Wildman–Crippen LogP) is 3.27. The fourth-order valence-corrected chi connectivity index (χ4v) is 3.03. The van der Waals surface area contributed by atoms with Crippen LogP contribution >= 0.6 is 15.9 Å². The highest BCUT2D eigenvalue weighted by atomic mass is 79.9. The molecule has 4 nitrogen and oxygen atoms in total. The van der Waals surface area contributed by atoms with Crippen LogP contribution in [-0.2, 0) is 0 Å². The molecule has 1 heterocycles. The quantitative estimate of drug-likeness (QED) is 0.853. The number of rotatable bonds is 4. The van der Waals surface area contributed by atoms with E-state index in [0.29, 0.717) is 43.2 Å². The number of carbonyl (C=O) groups is 1. The highest BCUT2D eigenvalue weighted by molar-refractivity contribution is 9.10. The smallest absolute Gasteiger partial charge is 0.165 e. The van der Waals surface area contributed by atoms with Gasteiger partial charge in [0.05, 0.1) is 13.2 Å². The van der Waals surface area contributed by atoms with E-state index in [1.54, 1.807) is 0 Å². The maximum absolute atomic E-state index is 12.4. The molecule has 0 aromatic heterocycles. The van der Waals surface area contributed by atoms with Crippen LogP contribution in [0.15, 0.2) is 10.5 Å². The zero-order valence-corrected chi connectivity index (χ0v) is 13.5. The van der Waals surface area contributed by atoms with Crippen molar-refractivity contribution in [2.24, 2.45) is 5.73 Å². The van der Waals surface area contributed by atoms with E-state index in [2.05, 4.69) is 29.8 Å². The van der Waals surface area contributed by atoms with Gasteiger partial charge in [-0.3, -0.25) is 4.79 Å². The Bertz CT molecular complexity index is 514. The van der Waals surface area contributed by atoms with Crippen molar-refractivity contribution in [2.75, 3.05) is 19.8 Å². The van der Waals surface area contributed by atoms with Crippen LogP contribution in [0, 0.1) is 0 Å². The molecule has 1 aromatic rings. The van der Waals surface area contributed by atoms with Gasteiger partial charge in [0.1, 0.15) is 0 Å². The van der Waals surface area contributed by atoms with Crippen molar-refractivity contribution < 1.29 is 14.3 Å². The first kappa shape index (κ1) is 15.3. The van der Waals surface area contributed by atoms with E-state index >= 15 is 0 Å². The summed E-state index contributed by atoms with van der Waals surface area (Å²) < 4.78 is 12.3. The van der Waals surface area contributed by atoms with E-state index in [0.717, 1.165) is 16.5 Å². The number of fused-ring (bicyclic) bond motifs is 1. The Kier molecular flexibility index (Phi) is 5.05. The van der Waals surface area contributed by atoms with Crippen LogP contribution in [0.2, 0.25) is 0 Å². The summed E-state index contributed by atoms with van der Waals surface area (Å²) in [6, 6.07) is 1.83. The summed E-state index contributed by atoms with van der Waals surface area (Å²) in [7, 11) is 0. The molecule has 20 heavy (non-hydrogen) atoms. The Morgan fingerprint density at radius 1 is 1.40 bits per heavy atom. The minimum absolute atomic E-state index is 0.0405. The molecule has 0 spiro atoms. The number of ether oxygens (including phenoxy) is 2. The van der Waals surface area contributed by atoms with E-state index in [1.807, 2.05) is 6.07 Å². The minimum Gasteiger partial charge on any atom is -0.490 e. The lowest BCUT2D eigenvalue weighted by atomic mass is 9.92. The molecular formula is C15H20BrNO3. The average molecular weight is 342 g/mol. The topological polar surface area (TPSA) is 61.6 Å². The lowest BCUT2D eigenvalue weighted by molar-refractivity contribution is 0.0983. The largest absolute Gasteiger partial charge is 0.490 e. The van der Waals surface area contributed by atoms with Gasteiger partial charge in [0.25, 0.3) is 0 Å². The number of hydrogen-bond acceptors (Lipinski definition) is 4. The molecular weight excluding hydrogens is 322 g/mol. The Labute approximate surface area is 127 Å². The van der Waals surface area contributed by atoms with Gasteiger partial charge in [-0.25, -0.2) is 0 Å². The van der Waals surface area contributed by atoms with E-state index in [4.69, 9.17) is 15.2 Å². The molecule has 5 heteroatoms. The lowest BCUT2D eigenvalue weighted by Crippen LogP contribution is -2.13. The molecule has 2 rings (SSSR count). The third-order valence-corrected chi connectivity index (χ3v) is 3.88. The first-order valence-corrected chi connectivity index (χ1v) is 7.70. The molecule has 0 unspecified atom stereocenters. The Morgan fingerprint density at radius 3 is 2.75 bits per heavy atom. The van der Waals surface area contributed by atoms with Crippen LogP contribution < -0.4 is 15.2 Å². The Morgan fingerprint density at radius 2 is 2.10 bits per heavy atom. The first-order valence-electron chi connectivity index (χ1n) is 6.91. The number of halogens is 1. The van der Waals surface area contributed by atoms with E-state index in [-0.39, 0.29) is 11.7 Å². The minimum atomic E-state index is 0.0405. The molecule has 110 valence electrons. The molecule has 0 aliphatic carbocycles. The van der Waals surface area contributed by atoms with Gasteiger partial charge in [0.2, 0.25) is 0 Å². The molecule has 1 aliphatic heterocycles. The molecule has 0 saturated heterocycles. The molecule has 2 N–H and O–H groups in total. The summed E-state index contributed by atoms with van der Waals surface area (Å²) in [4.78, 5) is 12.4. The summed E-state index contributed by atoms with van der Waals surface area (Å²) in [6.45, 7) is 5.69. The number of nitrogens with two attached hydrogens (primary N) is 1. The van der Waals surface area contributed by atoms with E-state index in [1.165, 1.54) is 0 Å². The second-order valence-corrected chi connectivity index (χ2v) is 6.00. The van der Waals surface area contributed by atoms with Gasteiger partial charge in [0, 0.05) is 28.4 Å². The molecule has 0 bridgehead atoms. The SMILES string of the molecule is CC(C)c1c2c(cc(Br)c1C(=O)CCN)OCCCO2. The molecule has 0 radical (unpaired) electrons. The van der Waals surface area contributed by atoms with Crippen LogP contribution in [-0.4, -0.2) is 25.5 Å². The van der Waals surface area contributed by atoms with Crippen molar-refractivity contribution in [3.05, 3.63) is 21.7 Å². The predicted molar refractivity (Wildman–Crippen MR) is 81.8 cm³/mol. The molecule has 0 saturated carbocycles. The Hall–Kier alpha value is -1.07. The third kappa shape index (κ3) is 2.99. The standard InChI is InChI=1S/C15H20BrNO3/c1-9(2)13-14(11(18)4-5-17)10(16)8-12-15(13)20-7-3-6-19-12/h8-9H,3-7,17H2,1-2H3. The number of ketones is 1.